The van der Waals surface area contributed by atoms with Gasteiger partial charge in [-0.1, -0.05) is 60.7 Å². The third kappa shape index (κ3) is 3.96. The molecule has 1 heterocycles. The van der Waals surface area contributed by atoms with Crippen LogP contribution in [0, 0.1) is 11.3 Å². The van der Waals surface area contributed by atoms with E-state index >= 15 is 0 Å². The molecule has 170 valence electrons. The smallest absolute Gasteiger partial charge is 0.255 e. The highest BCUT2D eigenvalue weighted by Gasteiger charge is 2.57. The number of halogens is 1. The molecule has 4 nitrogen and oxygen atoms in total. The van der Waals surface area contributed by atoms with Gasteiger partial charge in [-0.15, -0.1) is 0 Å². The van der Waals surface area contributed by atoms with Crippen LogP contribution in [0.25, 0.3) is 11.1 Å². The first-order chi connectivity index (χ1) is 16.1. The lowest BCUT2D eigenvalue weighted by atomic mass is 9.87. The molecule has 1 saturated carbocycles. The van der Waals surface area contributed by atoms with Crippen LogP contribution in [0.1, 0.15) is 38.2 Å². The maximum absolute atomic E-state index is 12.9. The molecule has 3 N–H and O–H groups in total. The maximum atomic E-state index is 12.9. The number of hydrogen-bond acceptors (Lipinski definition) is 3. The molecule has 5 heteroatoms. The van der Waals surface area contributed by atoms with Crippen molar-refractivity contribution in [2.24, 2.45) is 11.3 Å². The van der Waals surface area contributed by atoms with Gasteiger partial charge in [0.25, 0.3) is 5.91 Å². The van der Waals surface area contributed by atoms with Gasteiger partial charge in [0.05, 0.1) is 18.1 Å². The molecule has 5 rings (SSSR count). The second kappa shape index (κ2) is 8.68. The average molecular weight is 444 g/mol. The summed E-state index contributed by atoms with van der Waals surface area (Å²) in [6.07, 6.45) is 7.33. The number of fused-ring (bicyclic) bond motifs is 1. The average Bonchev–Trinajstić information content (AvgIpc) is 3.35. The van der Waals surface area contributed by atoms with E-state index in [0.29, 0.717) is 11.9 Å². The summed E-state index contributed by atoms with van der Waals surface area (Å²) in [5, 5.41) is 3.02. The number of hydrazine groups is 1. The van der Waals surface area contributed by atoms with Crippen molar-refractivity contribution in [1.82, 2.24) is 5.43 Å². The monoisotopic (exact) mass is 443 g/mol. The third-order valence-corrected chi connectivity index (χ3v) is 6.65. The van der Waals surface area contributed by atoms with Gasteiger partial charge < -0.3 is 10.7 Å². The van der Waals surface area contributed by atoms with Crippen LogP contribution >= 0.6 is 0 Å². The Morgan fingerprint density at radius 3 is 2.58 bits per heavy atom. The fourth-order valence-corrected chi connectivity index (χ4v) is 4.88. The number of rotatable bonds is 6. The summed E-state index contributed by atoms with van der Waals surface area (Å²) in [5.74, 6) is -0.0109. The largest absolute Gasteiger partial charge is 0.322 e. The number of amides is 1. The topological polar surface area (TPSA) is 53.2 Å². The predicted molar refractivity (Wildman–Crippen MR) is 136 cm³/mol. The maximum Gasteiger partial charge on any atom is 0.255 e. The number of hydrogen-bond donors (Lipinski definition) is 3. The quantitative estimate of drug-likeness (QED) is 0.355. The zero-order valence-corrected chi connectivity index (χ0v) is 18.4. The van der Waals surface area contributed by atoms with E-state index in [0.717, 1.165) is 34.5 Å². The molecule has 1 aliphatic heterocycles. The summed E-state index contributed by atoms with van der Waals surface area (Å²) in [4.78, 5) is 12.9. The van der Waals surface area contributed by atoms with Gasteiger partial charge in [-0.3, -0.25) is 4.79 Å². The van der Waals surface area contributed by atoms with Crippen molar-refractivity contribution >= 4 is 17.3 Å². The fourth-order valence-electron chi connectivity index (χ4n) is 4.88. The number of anilines is 2. The zero-order valence-electron chi connectivity index (χ0n) is 18.4. The Morgan fingerprint density at radius 1 is 1.09 bits per heavy atom. The molecule has 0 bridgehead atoms. The minimum Gasteiger partial charge on any atom is -0.322 e. The van der Waals surface area contributed by atoms with Crippen LogP contribution in [-0.2, 0) is 0 Å². The van der Waals surface area contributed by atoms with Crippen molar-refractivity contribution in [2.75, 3.05) is 10.7 Å². The minimum atomic E-state index is -0.175. The number of benzene rings is 3. The van der Waals surface area contributed by atoms with Crippen LogP contribution in [0.5, 0.6) is 0 Å². The molecule has 1 amide bonds. The van der Waals surface area contributed by atoms with Crippen LogP contribution < -0.4 is 16.2 Å². The van der Waals surface area contributed by atoms with Gasteiger partial charge in [-0.05, 0) is 66.3 Å². The Kier molecular flexibility index (Phi) is 5.56. The summed E-state index contributed by atoms with van der Waals surface area (Å²) >= 11 is 0. The molecule has 3 aromatic carbocycles. The zero-order chi connectivity index (χ0) is 22.8. The van der Waals surface area contributed by atoms with Gasteiger partial charge >= 0.3 is 0 Å². The van der Waals surface area contributed by atoms with E-state index in [1.165, 1.54) is 0 Å². The van der Waals surface area contributed by atoms with E-state index in [4.69, 9.17) is 0 Å². The van der Waals surface area contributed by atoms with Crippen LogP contribution in [0.15, 0.2) is 97.4 Å². The summed E-state index contributed by atoms with van der Waals surface area (Å²) in [6.45, 7) is 1.99. The van der Waals surface area contributed by atoms with E-state index in [1.807, 2.05) is 85.8 Å². The van der Waals surface area contributed by atoms with Gasteiger partial charge in [0.15, 0.2) is 0 Å². The molecule has 2 aliphatic rings. The lowest BCUT2D eigenvalue weighted by Crippen LogP contribution is -2.27. The van der Waals surface area contributed by atoms with Gasteiger partial charge in [-0.25, -0.2) is 9.82 Å². The third-order valence-electron chi connectivity index (χ3n) is 6.65. The van der Waals surface area contributed by atoms with E-state index in [2.05, 4.69) is 22.2 Å². The van der Waals surface area contributed by atoms with Crippen LogP contribution in [-0.4, -0.2) is 5.91 Å². The van der Waals surface area contributed by atoms with Crippen molar-refractivity contribution in [3.8, 4) is 11.1 Å². The molecule has 3 unspecified atom stereocenters. The van der Waals surface area contributed by atoms with Gasteiger partial charge in [0.1, 0.15) is 0 Å². The lowest BCUT2D eigenvalue weighted by Gasteiger charge is -2.21. The van der Waals surface area contributed by atoms with Crippen molar-refractivity contribution in [3.63, 3.8) is 0 Å². The molecule has 0 radical (unpaired) electrons. The standard InChI is InChI=1S/C28H26FN3O.2H2/c1-2-15-28(18-22(28)14-16-29)26-24-17-23(12-13-25(24)31-32-26)30-27(33)21-10-8-20(9-11-21)19-6-4-3-5-7-19;;/h2-17,22,26,31-32H,18H2,1H3,(H,30,33);2*1H/b15-2-,16-14+;;. The van der Waals surface area contributed by atoms with Gasteiger partial charge in [0, 0.05) is 19.5 Å². The molecule has 1 fully saturated rings. The Balaban J connectivity index is 0.00000171. The molecule has 33 heavy (non-hydrogen) atoms. The lowest BCUT2D eigenvalue weighted by molar-refractivity contribution is 0.102. The number of nitrogens with one attached hydrogen (secondary N) is 3. The second-order valence-electron chi connectivity index (χ2n) is 8.64. The highest BCUT2D eigenvalue weighted by atomic mass is 19.1. The van der Waals surface area contributed by atoms with E-state index in [9.17, 15) is 9.18 Å². The molecule has 0 aromatic heterocycles. The van der Waals surface area contributed by atoms with Crippen LogP contribution in [0.4, 0.5) is 15.8 Å². The summed E-state index contributed by atoms with van der Waals surface area (Å²) in [6, 6.07) is 23.5. The normalized spacial score (nSPS) is 23.5. The fraction of sp³-hybridized carbons (Fsp3) is 0.179. The molecular formula is C28H30FN3O. The summed E-state index contributed by atoms with van der Waals surface area (Å²) in [7, 11) is 0. The Morgan fingerprint density at radius 2 is 1.85 bits per heavy atom. The molecule has 0 saturated heterocycles. The highest BCUT2D eigenvalue weighted by Crippen LogP contribution is 2.63. The van der Waals surface area contributed by atoms with Crippen LogP contribution in [0.2, 0.25) is 0 Å². The van der Waals surface area contributed by atoms with Gasteiger partial charge in [-0.2, -0.15) is 0 Å². The van der Waals surface area contributed by atoms with Crippen molar-refractivity contribution in [3.05, 3.63) is 108 Å². The summed E-state index contributed by atoms with van der Waals surface area (Å²) < 4.78 is 12.9. The number of carbonyl (C=O) groups is 1. The van der Waals surface area contributed by atoms with Crippen LogP contribution in [0.3, 0.4) is 0 Å². The highest BCUT2D eigenvalue weighted by molar-refractivity contribution is 6.04. The summed E-state index contributed by atoms with van der Waals surface area (Å²) in [5.41, 5.74) is 12.0. The van der Waals surface area contributed by atoms with Crippen molar-refractivity contribution < 1.29 is 12.0 Å². The molecule has 0 spiro atoms. The van der Waals surface area contributed by atoms with Crippen molar-refractivity contribution in [2.45, 2.75) is 19.4 Å². The number of allylic oxidation sites excluding steroid dienone is 2. The Bertz CT molecular complexity index is 1230. The molecule has 3 aromatic rings. The second-order valence-corrected chi connectivity index (χ2v) is 8.64. The first-order valence-electron chi connectivity index (χ1n) is 11.2. The first kappa shape index (κ1) is 21.2. The minimum absolute atomic E-state index is 0. The van der Waals surface area contributed by atoms with E-state index in [1.54, 1.807) is 6.08 Å². The molecule has 3 atom stereocenters. The predicted octanol–water partition coefficient (Wildman–Crippen LogP) is 7.13. The molecular weight excluding hydrogens is 413 g/mol. The van der Waals surface area contributed by atoms with Gasteiger partial charge in [0.2, 0.25) is 0 Å². The Hall–Kier alpha value is -3.70. The van der Waals surface area contributed by atoms with E-state index in [-0.39, 0.29) is 26.1 Å². The molecule has 1 aliphatic carbocycles. The van der Waals surface area contributed by atoms with Crippen molar-refractivity contribution in [1.29, 1.82) is 0 Å². The first-order valence-corrected chi connectivity index (χ1v) is 11.2. The van der Waals surface area contributed by atoms with E-state index < -0.39 is 0 Å². The number of carbonyl (C=O) groups excluding carboxylic acids is 1. The Labute approximate surface area is 196 Å². The SMILES string of the molecule is C/C=C\C1(C2NNc3ccc(NC(=O)c4ccc(-c5ccccc5)cc4)cc32)CC1/C=C/F.[HH].[HH].